The van der Waals surface area contributed by atoms with Crippen LogP contribution in [0, 0.1) is 12.8 Å². The van der Waals surface area contributed by atoms with Crippen molar-refractivity contribution in [2.45, 2.75) is 38.7 Å². The standard InChI is InChI=1S/C12H17NOS/c1-3-10-4-6-12(14,7-5-10)11-8-13-9(2)15-11/h4,6,8,10,14H,3,5,7H2,1-2H3. The predicted octanol–water partition coefficient (Wildman–Crippen LogP) is 3.02. The van der Waals surface area contributed by atoms with Gasteiger partial charge in [0.1, 0.15) is 5.60 Å². The highest BCUT2D eigenvalue weighted by Crippen LogP contribution is 2.37. The van der Waals surface area contributed by atoms with Gasteiger partial charge < -0.3 is 5.11 Å². The van der Waals surface area contributed by atoms with Crippen molar-refractivity contribution >= 4 is 11.3 Å². The van der Waals surface area contributed by atoms with E-state index in [1.807, 2.05) is 13.0 Å². The molecule has 3 heteroatoms. The molecule has 1 aromatic heterocycles. The highest BCUT2D eigenvalue weighted by Gasteiger charge is 2.31. The Morgan fingerprint density at radius 1 is 1.67 bits per heavy atom. The van der Waals surface area contributed by atoms with E-state index in [2.05, 4.69) is 18.0 Å². The zero-order valence-corrected chi connectivity index (χ0v) is 10.0. The minimum absolute atomic E-state index is 0.638. The van der Waals surface area contributed by atoms with Gasteiger partial charge >= 0.3 is 0 Å². The Morgan fingerprint density at radius 3 is 2.93 bits per heavy atom. The van der Waals surface area contributed by atoms with Crippen LogP contribution in [0.2, 0.25) is 0 Å². The van der Waals surface area contributed by atoms with Crippen molar-refractivity contribution in [1.82, 2.24) is 4.98 Å². The van der Waals surface area contributed by atoms with E-state index in [-0.39, 0.29) is 0 Å². The van der Waals surface area contributed by atoms with Gasteiger partial charge in [0, 0.05) is 6.20 Å². The van der Waals surface area contributed by atoms with E-state index in [1.165, 1.54) is 0 Å². The van der Waals surface area contributed by atoms with Crippen molar-refractivity contribution in [2.24, 2.45) is 5.92 Å². The average Bonchev–Trinajstić information content (AvgIpc) is 2.67. The second kappa shape index (κ2) is 4.06. The number of nitrogens with zero attached hydrogens (tertiary/aromatic N) is 1. The molecule has 0 fully saturated rings. The van der Waals surface area contributed by atoms with Crippen LogP contribution in [-0.2, 0) is 5.60 Å². The lowest BCUT2D eigenvalue weighted by molar-refractivity contribution is 0.0695. The number of aromatic nitrogens is 1. The first-order valence-electron chi connectivity index (χ1n) is 5.48. The first-order chi connectivity index (χ1) is 7.14. The molecule has 82 valence electrons. The van der Waals surface area contributed by atoms with Gasteiger partial charge in [0.25, 0.3) is 0 Å². The largest absolute Gasteiger partial charge is 0.380 e. The molecule has 2 atom stereocenters. The minimum Gasteiger partial charge on any atom is -0.380 e. The Labute approximate surface area is 94.7 Å². The smallest absolute Gasteiger partial charge is 0.118 e. The molecule has 2 nitrogen and oxygen atoms in total. The summed E-state index contributed by atoms with van der Waals surface area (Å²) in [5.74, 6) is 0.638. The Balaban J connectivity index is 2.22. The Bertz CT molecular complexity index is 371. The summed E-state index contributed by atoms with van der Waals surface area (Å²) in [7, 11) is 0. The van der Waals surface area contributed by atoms with Gasteiger partial charge in [-0.15, -0.1) is 11.3 Å². The van der Waals surface area contributed by atoms with Crippen LogP contribution in [-0.4, -0.2) is 10.1 Å². The van der Waals surface area contributed by atoms with E-state index < -0.39 is 5.60 Å². The van der Waals surface area contributed by atoms with Gasteiger partial charge in [-0.25, -0.2) is 4.98 Å². The molecule has 0 radical (unpaired) electrons. The molecule has 0 saturated carbocycles. The van der Waals surface area contributed by atoms with Crippen LogP contribution in [0.15, 0.2) is 18.3 Å². The third kappa shape index (κ3) is 2.13. The third-order valence-corrected chi connectivity index (χ3v) is 4.19. The van der Waals surface area contributed by atoms with Crippen molar-refractivity contribution in [3.63, 3.8) is 0 Å². The number of allylic oxidation sites excluding steroid dienone is 1. The highest BCUT2D eigenvalue weighted by molar-refractivity contribution is 7.11. The zero-order chi connectivity index (χ0) is 10.9. The Morgan fingerprint density at radius 2 is 2.47 bits per heavy atom. The van der Waals surface area contributed by atoms with Crippen LogP contribution in [0.3, 0.4) is 0 Å². The van der Waals surface area contributed by atoms with Crippen LogP contribution in [0.4, 0.5) is 0 Å². The van der Waals surface area contributed by atoms with Gasteiger partial charge in [0.05, 0.1) is 9.88 Å². The number of rotatable bonds is 2. The number of hydrogen-bond acceptors (Lipinski definition) is 3. The van der Waals surface area contributed by atoms with E-state index in [0.717, 1.165) is 29.1 Å². The molecule has 0 aromatic carbocycles. The second-order valence-corrected chi connectivity index (χ2v) is 5.47. The van der Waals surface area contributed by atoms with E-state index in [9.17, 15) is 5.11 Å². The predicted molar refractivity (Wildman–Crippen MR) is 62.9 cm³/mol. The molecule has 0 bridgehead atoms. The molecule has 1 aliphatic rings. The molecule has 15 heavy (non-hydrogen) atoms. The normalized spacial score (nSPS) is 30.7. The number of aliphatic hydroxyl groups is 1. The van der Waals surface area contributed by atoms with E-state index >= 15 is 0 Å². The van der Waals surface area contributed by atoms with Crippen molar-refractivity contribution in [2.75, 3.05) is 0 Å². The Hall–Kier alpha value is -0.670. The summed E-state index contributed by atoms with van der Waals surface area (Å²) in [5, 5.41) is 11.5. The molecular weight excluding hydrogens is 206 g/mol. The van der Waals surface area contributed by atoms with Gasteiger partial charge in [-0.2, -0.15) is 0 Å². The second-order valence-electron chi connectivity index (χ2n) is 4.23. The molecule has 0 saturated heterocycles. The van der Waals surface area contributed by atoms with Crippen LogP contribution in [0.25, 0.3) is 0 Å². The van der Waals surface area contributed by atoms with E-state index in [1.54, 1.807) is 17.5 Å². The topological polar surface area (TPSA) is 33.1 Å². The van der Waals surface area contributed by atoms with E-state index in [0.29, 0.717) is 5.92 Å². The quantitative estimate of drug-likeness (QED) is 0.782. The number of aryl methyl sites for hydroxylation is 1. The van der Waals surface area contributed by atoms with Gasteiger partial charge in [0.15, 0.2) is 0 Å². The van der Waals surface area contributed by atoms with Crippen LogP contribution < -0.4 is 0 Å². The molecule has 0 spiro atoms. The fourth-order valence-corrected chi connectivity index (χ4v) is 2.86. The third-order valence-electron chi connectivity index (χ3n) is 3.11. The minimum atomic E-state index is -0.752. The first-order valence-corrected chi connectivity index (χ1v) is 6.30. The van der Waals surface area contributed by atoms with Gasteiger partial charge in [0.2, 0.25) is 0 Å². The van der Waals surface area contributed by atoms with Gasteiger partial charge in [-0.1, -0.05) is 19.1 Å². The Kier molecular flexibility index (Phi) is 2.94. The summed E-state index contributed by atoms with van der Waals surface area (Å²) in [6.45, 7) is 4.16. The van der Waals surface area contributed by atoms with Gasteiger partial charge in [-0.3, -0.25) is 0 Å². The van der Waals surface area contributed by atoms with Crippen molar-refractivity contribution in [1.29, 1.82) is 0 Å². The maximum absolute atomic E-state index is 10.5. The molecule has 1 aromatic rings. The molecule has 2 unspecified atom stereocenters. The summed E-state index contributed by atoms with van der Waals surface area (Å²) in [6.07, 6.45) is 8.96. The summed E-state index contributed by atoms with van der Waals surface area (Å²) in [4.78, 5) is 5.18. The number of thiazole rings is 1. The summed E-state index contributed by atoms with van der Waals surface area (Å²) >= 11 is 1.59. The molecule has 1 N–H and O–H groups in total. The lowest BCUT2D eigenvalue weighted by Gasteiger charge is -2.29. The lowest BCUT2D eigenvalue weighted by atomic mass is 9.83. The molecule has 1 aliphatic carbocycles. The fourth-order valence-electron chi connectivity index (χ4n) is 1.99. The highest BCUT2D eigenvalue weighted by atomic mass is 32.1. The van der Waals surface area contributed by atoms with Crippen molar-refractivity contribution in [3.8, 4) is 0 Å². The monoisotopic (exact) mass is 223 g/mol. The maximum atomic E-state index is 10.5. The maximum Gasteiger partial charge on any atom is 0.118 e. The molecule has 2 rings (SSSR count). The van der Waals surface area contributed by atoms with Crippen molar-refractivity contribution < 1.29 is 5.11 Å². The SMILES string of the molecule is CCC1C=CC(O)(c2cnc(C)s2)CC1. The van der Waals surface area contributed by atoms with Crippen LogP contribution in [0.1, 0.15) is 36.1 Å². The molecule has 1 heterocycles. The van der Waals surface area contributed by atoms with Crippen molar-refractivity contribution in [3.05, 3.63) is 28.2 Å². The van der Waals surface area contributed by atoms with Crippen LogP contribution in [0.5, 0.6) is 0 Å². The molecule has 0 amide bonds. The first kappa shape index (κ1) is 10.8. The molecular formula is C12H17NOS. The summed E-state index contributed by atoms with van der Waals surface area (Å²) in [6, 6.07) is 0. The van der Waals surface area contributed by atoms with Crippen LogP contribution >= 0.6 is 11.3 Å². The zero-order valence-electron chi connectivity index (χ0n) is 9.23. The summed E-state index contributed by atoms with van der Waals surface area (Å²) < 4.78 is 0. The average molecular weight is 223 g/mol. The number of hydrogen-bond donors (Lipinski definition) is 1. The molecule has 0 aliphatic heterocycles. The van der Waals surface area contributed by atoms with Gasteiger partial charge in [-0.05, 0) is 32.1 Å². The van der Waals surface area contributed by atoms with E-state index in [4.69, 9.17) is 0 Å². The summed E-state index contributed by atoms with van der Waals surface area (Å²) in [5.41, 5.74) is -0.752. The lowest BCUT2D eigenvalue weighted by Crippen LogP contribution is -2.26. The fraction of sp³-hybridized carbons (Fsp3) is 0.583.